The SMILES string of the molecule is CC(C)n1ncnc1CNc1cc(F)c(F)cc1F. The average molecular weight is 270 g/mol. The number of nitrogens with zero attached hydrogens (tertiary/aromatic N) is 3. The van der Waals surface area contributed by atoms with E-state index in [4.69, 9.17) is 0 Å². The first-order chi connectivity index (χ1) is 8.99. The zero-order valence-corrected chi connectivity index (χ0v) is 10.5. The number of anilines is 1. The first-order valence-corrected chi connectivity index (χ1v) is 5.76. The van der Waals surface area contributed by atoms with Gasteiger partial charge >= 0.3 is 0 Å². The molecule has 0 aliphatic rings. The summed E-state index contributed by atoms with van der Waals surface area (Å²) < 4.78 is 40.9. The second kappa shape index (κ2) is 5.29. The van der Waals surface area contributed by atoms with Gasteiger partial charge in [0.1, 0.15) is 18.0 Å². The predicted octanol–water partition coefficient (Wildman–Crippen LogP) is 2.89. The van der Waals surface area contributed by atoms with Crippen molar-refractivity contribution in [2.24, 2.45) is 0 Å². The Morgan fingerprint density at radius 3 is 2.53 bits per heavy atom. The molecule has 2 aromatic rings. The van der Waals surface area contributed by atoms with Crippen molar-refractivity contribution >= 4 is 5.69 Å². The summed E-state index contributed by atoms with van der Waals surface area (Å²) in [6, 6.07) is 1.39. The van der Waals surface area contributed by atoms with E-state index in [-0.39, 0.29) is 18.3 Å². The molecule has 1 heterocycles. The van der Waals surface area contributed by atoms with Gasteiger partial charge in [-0.1, -0.05) is 0 Å². The number of rotatable bonds is 4. The van der Waals surface area contributed by atoms with Gasteiger partial charge in [-0.05, 0) is 13.8 Å². The van der Waals surface area contributed by atoms with Crippen LogP contribution in [-0.2, 0) is 6.54 Å². The van der Waals surface area contributed by atoms with Crippen LogP contribution in [0.15, 0.2) is 18.5 Å². The standard InChI is InChI=1S/C12H13F3N4/c1-7(2)19-12(17-6-18-19)5-16-11-4-9(14)8(13)3-10(11)15/h3-4,6-7,16H,5H2,1-2H3. The maximum absolute atomic E-state index is 13.4. The van der Waals surface area contributed by atoms with Gasteiger partial charge in [-0.25, -0.2) is 22.8 Å². The molecule has 0 aliphatic carbocycles. The summed E-state index contributed by atoms with van der Waals surface area (Å²) in [6.45, 7) is 4.02. The Hall–Kier alpha value is -2.05. The molecule has 0 unspecified atom stereocenters. The van der Waals surface area contributed by atoms with Crippen molar-refractivity contribution in [1.82, 2.24) is 14.8 Å². The van der Waals surface area contributed by atoms with E-state index in [0.717, 1.165) is 6.07 Å². The summed E-state index contributed by atoms with van der Waals surface area (Å²) in [7, 11) is 0. The molecule has 0 radical (unpaired) electrons. The van der Waals surface area contributed by atoms with Gasteiger partial charge < -0.3 is 5.32 Å². The minimum absolute atomic E-state index is 0.106. The molecule has 0 fully saturated rings. The zero-order valence-electron chi connectivity index (χ0n) is 10.5. The second-order valence-electron chi connectivity index (χ2n) is 4.31. The van der Waals surface area contributed by atoms with Gasteiger partial charge in [0.05, 0.1) is 12.2 Å². The lowest BCUT2D eigenvalue weighted by molar-refractivity contribution is 0.495. The summed E-state index contributed by atoms with van der Waals surface area (Å²) in [6.07, 6.45) is 1.39. The lowest BCUT2D eigenvalue weighted by Crippen LogP contribution is -2.12. The summed E-state index contributed by atoms with van der Waals surface area (Å²) in [5, 5.41) is 6.69. The molecule has 0 bridgehead atoms. The van der Waals surface area contributed by atoms with Crippen molar-refractivity contribution in [3.63, 3.8) is 0 Å². The fourth-order valence-electron chi connectivity index (χ4n) is 1.66. The lowest BCUT2D eigenvalue weighted by atomic mass is 10.3. The van der Waals surface area contributed by atoms with Crippen molar-refractivity contribution in [1.29, 1.82) is 0 Å². The molecule has 19 heavy (non-hydrogen) atoms. The van der Waals surface area contributed by atoms with Gasteiger partial charge in [-0.2, -0.15) is 5.10 Å². The molecule has 0 atom stereocenters. The van der Waals surface area contributed by atoms with E-state index in [9.17, 15) is 13.2 Å². The number of aromatic nitrogens is 3. The van der Waals surface area contributed by atoms with Crippen LogP contribution in [0.1, 0.15) is 25.7 Å². The third-order valence-electron chi connectivity index (χ3n) is 2.58. The molecule has 1 aromatic heterocycles. The van der Waals surface area contributed by atoms with E-state index in [1.165, 1.54) is 6.33 Å². The summed E-state index contributed by atoms with van der Waals surface area (Å²) >= 11 is 0. The fraction of sp³-hybridized carbons (Fsp3) is 0.333. The first-order valence-electron chi connectivity index (χ1n) is 5.76. The molecule has 4 nitrogen and oxygen atoms in total. The number of nitrogens with one attached hydrogen (secondary N) is 1. The Labute approximate surface area is 108 Å². The third kappa shape index (κ3) is 2.86. The van der Waals surface area contributed by atoms with E-state index in [1.807, 2.05) is 13.8 Å². The molecular weight excluding hydrogens is 257 g/mol. The topological polar surface area (TPSA) is 42.7 Å². The van der Waals surface area contributed by atoms with E-state index in [1.54, 1.807) is 4.68 Å². The van der Waals surface area contributed by atoms with Crippen LogP contribution in [0.25, 0.3) is 0 Å². The summed E-state index contributed by atoms with van der Waals surface area (Å²) in [4.78, 5) is 4.02. The first kappa shape index (κ1) is 13.4. The van der Waals surface area contributed by atoms with Crippen LogP contribution in [-0.4, -0.2) is 14.8 Å². The van der Waals surface area contributed by atoms with Crippen LogP contribution in [0.4, 0.5) is 18.9 Å². The van der Waals surface area contributed by atoms with Crippen LogP contribution in [0.5, 0.6) is 0 Å². The maximum atomic E-state index is 13.4. The van der Waals surface area contributed by atoms with E-state index in [0.29, 0.717) is 11.9 Å². The van der Waals surface area contributed by atoms with Crippen LogP contribution in [0.2, 0.25) is 0 Å². The molecule has 1 N–H and O–H groups in total. The second-order valence-corrected chi connectivity index (χ2v) is 4.31. The molecular formula is C12H13F3N4. The van der Waals surface area contributed by atoms with Gasteiger partial charge in [-0.3, -0.25) is 0 Å². The lowest BCUT2D eigenvalue weighted by Gasteiger charge is -2.11. The average Bonchev–Trinajstić information content (AvgIpc) is 2.80. The highest BCUT2D eigenvalue weighted by atomic mass is 19.2. The minimum Gasteiger partial charge on any atom is -0.375 e. The molecule has 0 saturated heterocycles. The Bertz CT molecular complexity index is 580. The van der Waals surface area contributed by atoms with Gasteiger partial charge in [0.15, 0.2) is 11.6 Å². The van der Waals surface area contributed by atoms with Crippen LogP contribution in [0, 0.1) is 17.5 Å². The largest absolute Gasteiger partial charge is 0.375 e. The maximum Gasteiger partial charge on any atom is 0.161 e. The van der Waals surface area contributed by atoms with Crippen LogP contribution in [0.3, 0.4) is 0 Å². The van der Waals surface area contributed by atoms with Crippen molar-refractivity contribution in [3.8, 4) is 0 Å². The summed E-state index contributed by atoms with van der Waals surface area (Å²) in [5.41, 5.74) is -0.114. The Morgan fingerprint density at radius 2 is 1.84 bits per heavy atom. The van der Waals surface area contributed by atoms with E-state index in [2.05, 4.69) is 15.4 Å². The van der Waals surface area contributed by atoms with Gasteiger partial charge in [0, 0.05) is 18.2 Å². The molecule has 0 saturated carbocycles. The Balaban J connectivity index is 2.15. The van der Waals surface area contributed by atoms with Crippen molar-refractivity contribution < 1.29 is 13.2 Å². The zero-order chi connectivity index (χ0) is 14.0. The smallest absolute Gasteiger partial charge is 0.161 e. The van der Waals surface area contributed by atoms with Crippen LogP contribution < -0.4 is 5.32 Å². The van der Waals surface area contributed by atoms with Crippen LogP contribution >= 0.6 is 0 Å². The van der Waals surface area contributed by atoms with Crippen molar-refractivity contribution in [2.45, 2.75) is 26.4 Å². The van der Waals surface area contributed by atoms with Gasteiger partial charge in [-0.15, -0.1) is 0 Å². The highest BCUT2D eigenvalue weighted by molar-refractivity contribution is 5.45. The van der Waals surface area contributed by atoms with Gasteiger partial charge in [0.25, 0.3) is 0 Å². The minimum atomic E-state index is -1.21. The predicted molar refractivity (Wildman–Crippen MR) is 64.0 cm³/mol. The molecule has 2 rings (SSSR count). The molecule has 0 spiro atoms. The Morgan fingerprint density at radius 1 is 1.16 bits per heavy atom. The van der Waals surface area contributed by atoms with E-state index < -0.39 is 17.5 Å². The molecule has 1 aromatic carbocycles. The van der Waals surface area contributed by atoms with Crippen molar-refractivity contribution in [2.75, 3.05) is 5.32 Å². The number of hydrogen-bond donors (Lipinski definition) is 1. The quantitative estimate of drug-likeness (QED) is 0.869. The normalized spacial score (nSPS) is 11.1. The van der Waals surface area contributed by atoms with Crippen molar-refractivity contribution in [3.05, 3.63) is 41.7 Å². The number of halogens is 3. The fourth-order valence-corrected chi connectivity index (χ4v) is 1.66. The Kier molecular flexibility index (Phi) is 3.73. The highest BCUT2D eigenvalue weighted by Crippen LogP contribution is 2.19. The highest BCUT2D eigenvalue weighted by Gasteiger charge is 2.11. The molecule has 0 amide bonds. The summed E-state index contributed by atoms with van der Waals surface area (Å²) in [5.74, 6) is -2.59. The van der Waals surface area contributed by atoms with Gasteiger partial charge in [0.2, 0.25) is 0 Å². The molecule has 7 heteroatoms. The molecule has 0 aliphatic heterocycles. The van der Waals surface area contributed by atoms with E-state index >= 15 is 0 Å². The number of hydrogen-bond acceptors (Lipinski definition) is 3. The molecule has 102 valence electrons. The third-order valence-corrected chi connectivity index (χ3v) is 2.58. The monoisotopic (exact) mass is 270 g/mol. The number of benzene rings is 1.